The molecule has 2 N–H and O–H groups in total. The molecule has 1 aromatic rings. The number of hydrogen-bond donors (Lipinski definition) is 2. The molecular weight excluding hydrogens is 246 g/mol. The number of carbonyl (C=O) groups is 1. The van der Waals surface area contributed by atoms with Crippen LogP contribution in [-0.2, 0) is 10.2 Å². The molecule has 0 saturated carbocycles. The van der Waals surface area contributed by atoms with Crippen LogP contribution in [0.1, 0.15) is 26.3 Å². The van der Waals surface area contributed by atoms with Crippen LogP contribution >= 0.6 is 0 Å². The summed E-state index contributed by atoms with van der Waals surface area (Å²) in [5.41, 5.74) is 0.786. The van der Waals surface area contributed by atoms with Gasteiger partial charge in [-0.15, -0.1) is 0 Å². The first-order valence-electron chi connectivity index (χ1n) is 6.26. The van der Waals surface area contributed by atoms with Crippen LogP contribution in [0.2, 0.25) is 0 Å². The molecule has 1 heterocycles. The highest BCUT2D eigenvalue weighted by atomic mass is 16.7. The van der Waals surface area contributed by atoms with E-state index in [1.165, 1.54) is 6.92 Å². The summed E-state index contributed by atoms with van der Waals surface area (Å²) in [5, 5.41) is 11.9. The van der Waals surface area contributed by atoms with Crippen molar-refractivity contribution >= 4 is 5.91 Å². The van der Waals surface area contributed by atoms with Gasteiger partial charge in [-0.3, -0.25) is 4.79 Å². The van der Waals surface area contributed by atoms with E-state index in [1.807, 2.05) is 32.0 Å². The van der Waals surface area contributed by atoms with Crippen molar-refractivity contribution in [1.29, 1.82) is 0 Å². The van der Waals surface area contributed by atoms with Crippen LogP contribution in [-0.4, -0.2) is 30.5 Å². The molecule has 5 heteroatoms. The van der Waals surface area contributed by atoms with Gasteiger partial charge in [0.05, 0.1) is 0 Å². The van der Waals surface area contributed by atoms with E-state index in [9.17, 15) is 4.79 Å². The zero-order valence-corrected chi connectivity index (χ0v) is 11.4. The average molecular weight is 265 g/mol. The molecule has 0 aliphatic carbocycles. The standard InChI is InChI=1S/C14H19NO4/c1-9(16)13(17)15-7-14(2,3)10-4-5-11-12(6-10)19-8-18-11/h4-6,9,16H,7-8H2,1-3H3,(H,15,17). The number of hydrogen-bond acceptors (Lipinski definition) is 4. The van der Waals surface area contributed by atoms with E-state index >= 15 is 0 Å². The fourth-order valence-corrected chi connectivity index (χ4v) is 1.88. The molecular formula is C14H19NO4. The lowest BCUT2D eigenvalue weighted by molar-refractivity contribution is -0.128. The third-order valence-corrected chi connectivity index (χ3v) is 3.24. The summed E-state index contributed by atoms with van der Waals surface area (Å²) in [5.74, 6) is 1.11. The normalized spacial score (nSPS) is 15.2. The Kier molecular flexibility index (Phi) is 3.66. The second kappa shape index (κ2) is 5.09. The summed E-state index contributed by atoms with van der Waals surface area (Å²) in [7, 11) is 0. The number of nitrogens with one attached hydrogen (secondary N) is 1. The zero-order chi connectivity index (χ0) is 14.0. The molecule has 0 bridgehead atoms. The topological polar surface area (TPSA) is 67.8 Å². The Morgan fingerprint density at radius 2 is 2.11 bits per heavy atom. The summed E-state index contributed by atoms with van der Waals surface area (Å²) < 4.78 is 10.6. The van der Waals surface area contributed by atoms with Crippen molar-refractivity contribution in [2.75, 3.05) is 13.3 Å². The van der Waals surface area contributed by atoms with Gasteiger partial charge in [-0.05, 0) is 24.6 Å². The lowest BCUT2D eigenvalue weighted by Gasteiger charge is -2.26. The van der Waals surface area contributed by atoms with E-state index in [0.717, 1.165) is 17.1 Å². The minimum Gasteiger partial charge on any atom is -0.454 e. The summed E-state index contributed by atoms with van der Waals surface area (Å²) in [6.45, 7) is 6.18. The number of aliphatic hydroxyl groups excluding tert-OH is 1. The first-order chi connectivity index (χ1) is 8.90. The van der Waals surface area contributed by atoms with E-state index < -0.39 is 6.10 Å². The zero-order valence-electron chi connectivity index (χ0n) is 11.4. The maximum atomic E-state index is 11.4. The van der Waals surface area contributed by atoms with Gasteiger partial charge < -0.3 is 19.9 Å². The summed E-state index contributed by atoms with van der Waals surface area (Å²) in [4.78, 5) is 11.4. The van der Waals surface area contributed by atoms with Gasteiger partial charge in [0.1, 0.15) is 6.10 Å². The first kappa shape index (κ1) is 13.7. The van der Waals surface area contributed by atoms with Gasteiger partial charge in [0, 0.05) is 12.0 Å². The van der Waals surface area contributed by atoms with Crippen LogP contribution in [0.15, 0.2) is 18.2 Å². The van der Waals surface area contributed by atoms with Crippen molar-refractivity contribution in [3.05, 3.63) is 23.8 Å². The summed E-state index contributed by atoms with van der Waals surface area (Å²) >= 11 is 0. The largest absolute Gasteiger partial charge is 0.454 e. The molecule has 1 atom stereocenters. The van der Waals surface area contributed by atoms with E-state index in [0.29, 0.717) is 6.54 Å². The highest BCUT2D eigenvalue weighted by Gasteiger charge is 2.25. The van der Waals surface area contributed by atoms with Crippen LogP contribution in [0.4, 0.5) is 0 Å². The number of benzene rings is 1. The maximum absolute atomic E-state index is 11.4. The molecule has 104 valence electrons. The molecule has 1 unspecified atom stereocenters. The number of carbonyl (C=O) groups excluding carboxylic acids is 1. The van der Waals surface area contributed by atoms with Crippen LogP contribution < -0.4 is 14.8 Å². The Labute approximate surface area is 112 Å². The molecule has 0 radical (unpaired) electrons. The van der Waals surface area contributed by atoms with Gasteiger partial charge in [0.15, 0.2) is 11.5 Å². The molecule has 5 nitrogen and oxygen atoms in total. The molecule has 1 aromatic carbocycles. The molecule has 1 amide bonds. The lowest BCUT2D eigenvalue weighted by Crippen LogP contribution is -2.40. The molecule has 2 rings (SSSR count). The van der Waals surface area contributed by atoms with Gasteiger partial charge >= 0.3 is 0 Å². The fraction of sp³-hybridized carbons (Fsp3) is 0.500. The van der Waals surface area contributed by atoms with Crippen molar-refractivity contribution in [2.45, 2.75) is 32.3 Å². The second-order valence-corrected chi connectivity index (χ2v) is 5.35. The van der Waals surface area contributed by atoms with Crippen molar-refractivity contribution < 1.29 is 19.4 Å². The predicted molar refractivity (Wildman–Crippen MR) is 70.3 cm³/mol. The highest BCUT2D eigenvalue weighted by Crippen LogP contribution is 2.36. The quantitative estimate of drug-likeness (QED) is 0.858. The van der Waals surface area contributed by atoms with Crippen molar-refractivity contribution in [1.82, 2.24) is 5.32 Å². The fourth-order valence-electron chi connectivity index (χ4n) is 1.88. The van der Waals surface area contributed by atoms with Gasteiger partial charge in [-0.25, -0.2) is 0 Å². The van der Waals surface area contributed by atoms with Crippen LogP contribution in [0, 0.1) is 0 Å². The maximum Gasteiger partial charge on any atom is 0.248 e. The second-order valence-electron chi connectivity index (χ2n) is 5.35. The van der Waals surface area contributed by atoms with E-state index in [4.69, 9.17) is 14.6 Å². The van der Waals surface area contributed by atoms with E-state index in [-0.39, 0.29) is 18.1 Å². The summed E-state index contributed by atoms with van der Waals surface area (Å²) in [6, 6.07) is 5.76. The SMILES string of the molecule is CC(O)C(=O)NCC(C)(C)c1ccc2c(c1)OCO2. The van der Waals surface area contributed by atoms with Crippen LogP contribution in [0.25, 0.3) is 0 Å². The molecule has 0 fully saturated rings. The van der Waals surface area contributed by atoms with E-state index in [1.54, 1.807) is 0 Å². The lowest BCUT2D eigenvalue weighted by atomic mass is 9.84. The minimum atomic E-state index is -0.993. The molecule has 0 aromatic heterocycles. The number of rotatable bonds is 4. The van der Waals surface area contributed by atoms with Crippen LogP contribution in [0.3, 0.4) is 0 Å². The minimum absolute atomic E-state index is 0.248. The Morgan fingerprint density at radius 1 is 1.42 bits per heavy atom. The number of fused-ring (bicyclic) bond motifs is 1. The molecule has 1 aliphatic heterocycles. The van der Waals surface area contributed by atoms with Gasteiger partial charge in [-0.2, -0.15) is 0 Å². The molecule has 0 saturated heterocycles. The number of ether oxygens (including phenoxy) is 2. The average Bonchev–Trinajstić information content (AvgIpc) is 2.82. The van der Waals surface area contributed by atoms with Crippen LogP contribution in [0.5, 0.6) is 11.5 Å². The van der Waals surface area contributed by atoms with Gasteiger partial charge in [0.25, 0.3) is 0 Å². The highest BCUT2D eigenvalue weighted by molar-refractivity contribution is 5.80. The van der Waals surface area contributed by atoms with Gasteiger partial charge in [-0.1, -0.05) is 19.9 Å². The first-order valence-corrected chi connectivity index (χ1v) is 6.26. The number of amides is 1. The molecule has 19 heavy (non-hydrogen) atoms. The molecule has 1 aliphatic rings. The monoisotopic (exact) mass is 265 g/mol. The Morgan fingerprint density at radius 3 is 2.79 bits per heavy atom. The van der Waals surface area contributed by atoms with Crippen molar-refractivity contribution in [2.24, 2.45) is 0 Å². The van der Waals surface area contributed by atoms with E-state index in [2.05, 4.69) is 5.32 Å². The van der Waals surface area contributed by atoms with Crippen molar-refractivity contribution in [3.63, 3.8) is 0 Å². The van der Waals surface area contributed by atoms with Crippen molar-refractivity contribution in [3.8, 4) is 11.5 Å². The molecule has 0 spiro atoms. The van der Waals surface area contributed by atoms with Gasteiger partial charge in [0.2, 0.25) is 12.7 Å². The summed E-state index contributed by atoms with van der Waals surface area (Å²) in [6.07, 6.45) is -0.993. The smallest absolute Gasteiger partial charge is 0.248 e. The number of aliphatic hydroxyl groups is 1. The third kappa shape index (κ3) is 2.98. The Balaban J connectivity index is 2.08. The Hall–Kier alpha value is -1.75. The third-order valence-electron chi connectivity index (χ3n) is 3.24. The predicted octanol–water partition coefficient (Wildman–Crippen LogP) is 1.19. The Bertz CT molecular complexity index is 482.